The summed E-state index contributed by atoms with van der Waals surface area (Å²) in [4.78, 5) is 85.2. The number of benzene rings is 1. The molecule has 3 aliphatic rings. The Hall–Kier alpha value is -4.89. The van der Waals surface area contributed by atoms with Crippen molar-refractivity contribution in [3.63, 3.8) is 0 Å². The number of likely N-dealkylation sites (tertiary alicyclic amines) is 1. The number of aliphatic hydroxyl groups is 6. The number of carboxylic acid groups (broad SMARTS) is 1. The Labute approximate surface area is 539 Å². The van der Waals surface area contributed by atoms with Crippen LogP contribution in [0.2, 0.25) is 0 Å². The zero-order valence-corrected chi connectivity index (χ0v) is 56.3. The summed E-state index contributed by atoms with van der Waals surface area (Å²) in [6.45, 7) is 18.6. The van der Waals surface area contributed by atoms with Gasteiger partial charge < -0.3 is 89.0 Å². The Bertz CT molecular complexity index is 2590. The van der Waals surface area contributed by atoms with Crippen LogP contribution in [0.4, 0.5) is 0 Å². The van der Waals surface area contributed by atoms with Gasteiger partial charge in [-0.1, -0.05) is 104 Å². The van der Waals surface area contributed by atoms with Crippen molar-refractivity contribution in [2.75, 3.05) is 48.1 Å². The van der Waals surface area contributed by atoms with Crippen molar-refractivity contribution in [3.05, 3.63) is 52.5 Å². The molecule has 0 saturated carbocycles. The van der Waals surface area contributed by atoms with Crippen LogP contribution in [0.25, 0.3) is 0 Å². The van der Waals surface area contributed by atoms with Crippen molar-refractivity contribution in [3.8, 4) is 0 Å². The number of aliphatic hydroxyl groups excluding tert-OH is 6. The lowest BCUT2D eigenvalue weighted by Crippen LogP contribution is -2.66. The monoisotopic (exact) mass is 1310 g/mol. The van der Waals surface area contributed by atoms with Gasteiger partial charge in [0.05, 0.1) is 67.8 Å². The van der Waals surface area contributed by atoms with E-state index in [0.717, 1.165) is 21.7 Å². The topological polar surface area (TPSA) is 363 Å². The highest BCUT2D eigenvalue weighted by atomic mass is 32.1. The van der Waals surface area contributed by atoms with Crippen LogP contribution in [-0.4, -0.2) is 249 Å². The second-order valence-electron chi connectivity index (χ2n) is 25.5. The SMILES string of the molecule is CCC(C)C(C(CC(=O)N1CCCC1C(OC)C(C)C(O)NC(Cc1ccccc1)c1nccs1)OC)N(C)C(=O)C(NC(=O)C(C(C)C)N(C)C(=O)CO/N=C/C1OC(OCC2OC(OC(C)C(C)C)C(O)C(O)C2O)(C(=O)O)CC(O)C1NC(C)O)C(C)C. The van der Waals surface area contributed by atoms with Crippen LogP contribution in [0.5, 0.6) is 0 Å². The van der Waals surface area contributed by atoms with Gasteiger partial charge in [-0.15, -0.1) is 11.3 Å². The molecule has 3 saturated heterocycles. The minimum Gasteiger partial charge on any atom is -0.477 e. The van der Waals surface area contributed by atoms with Crippen LogP contribution in [0.15, 0.2) is 47.1 Å². The molecule has 0 bridgehead atoms. The van der Waals surface area contributed by atoms with E-state index in [-0.39, 0.29) is 36.2 Å². The van der Waals surface area contributed by atoms with Gasteiger partial charge in [-0.05, 0) is 62.3 Å². The van der Waals surface area contributed by atoms with Gasteiger partial charge in [0.2, 0.25) is 17.7 Å². The number of amides is 4. The van der Waals surface area contributed by atoms with Crippen LogP contribution >= 0.6 is 11.3 Å². The maximum atomic E-state index is 14.9. The fourth-order valence-electron chi connectivity index (χ4n) is 12.2. The first-order valence-electron chi connectivity index (χ1n) is 31.7. The molecule has 1 aromatic heterocycles. The Morgan fingerprint density at radius 1 is 0.912 bits per heavy atom. The van der Waals surface area contributed by atoms with Gasteiger partial charge in [0, 0.05) is 58.8 Å². The second-order valence-corrected chi connectivity index (χ2v) is 26.5. The third-order valence-corrected chi connectivity index (χ3v) is 18.8. The first-order valence-corrected chi connectivity index (χ1v) is 32.5. The molecule has 0 aliphatic carbocycles. The zero-order valence-electron chi connectivity index (χ0n) is 55.4. The largest absolute Gasteiger partial charge is 0.477 e. The number of ether oxygens (including phenoxy) is 6. The predicted octanol–water partition coefficient (Wildman–Crippen LogP) is 1.99. The molecule has 4 amide bonds. The molecule has 21 unspecified atom stereocenters. The Morgan fingerprint density at radius 2 is 1.59 bits per heavy atom. The molecule has 1 aromatic carbocycles. The molecule has 0 spiro atoms. The van der Waals surface area contributed by atoms with E-state index in [1.807, 2.05) is 70.3 Å². The van der Waals surface area contributed by atoms with Crippen molar-refractivity contribution in [1.29, 1.82) is 0 Å². The summed E-state index contributed by atoms with van der Waals surface area (Å²) in [5.41, 5.74) is 1.08. The summed E-state index contributed by atoms with van der Waals surface area (Å²) in [7, 11) is 6.10. The summed E-state index contributed by atoms with van der Waals surface area (Å²) in [6.07, 6.45) is -10.8. The maximum Gasteiger partial charge on any atom is 0.364 e. The molecule has 21 atom stereocenters. The highest BCUT2D eigenvalue weighted by Gasteiger charge is 2.55. The third kappa shape index (κ3) is 20.1. The molecule has 2 aromatic rings. The van der Waals surface area contributed by atoms with Crippen LogP contribution in [-0.2, 0) is 63.7 Å². The van der Waals surface area contributed by atoms with Crippen LogP contribution in [0.3, 0.4) is 0 Å². The van der Waals surface area contributed by atoms with Gasteiger partial charge in [0.25, 0.3) is 11.7 Å². The normalized spacial score (nSPS) is 27.6. The molecule has 27 nitrogen and oxygen atoms in total. The highest BCUT2D eigenvalue weighted by Crippen LogP contribution is 2.35. The molecule has 5 rings (SSSR count). The number of aliphatic carboxylic acids is 1. The molecular weight excluding hydrogens is 1200 g/mol. The molecule has 3 aliphatic heterocycles. The first kappa shape index (κ1) is 76.8. The Balaban J connectivity index is 1.25. The standard InChI is InChI=1S/C63H104N8O19S/c1-16-36(8)52(44(84-14)28-47(74)71-25-20-23-42(71)56(85-15)37(9)57(79)67-41(59-64-24-26-91-59)27-40-21-18-17-19-22-40)70(13)60(81)49(34(4)5)68-58(80)51(35(6)7)69(12)48(75)32-87-65-30-45-50(66-39(11)72)43(73)29-63(90-45,62(82)83)86-31-46-53(76)54(77)55(78)61(89-46)88-38(10)33(2)3/h17-19,21-22,24,26,30,33-39,41-46,49-57,61,66-67,72-73,76-79H,16,20,23,25,27-29,31-32H2,1-15H3,(H,68,80)(H,82,83)/b65-30+. The first-order chi connectivity index (χ1) is 42.9. The number of carbonyl (C=O) groups is 5. The quantitative estimate of drug-likeness (QED) is 0.0268. The van der Waals surface area contributed by atoms with Gasteiger partial charge in [0.1, 0.15) is 60.1 Å². The zero-order chi connectivity index (χ0) is 67.8. The smallest absolute Gasteiger partial charge is 0.364 e. The number of hydrogen-bond donors (Lipinski definition) is 10. The second kappa shape index (κ2) is 35.6. The summed E-state index contributed by atoms with van der Waals surface area (Å²) in [5, 5.41) is 91.6. The average Bonchev–Trinajstić information content (AvgIpc) is 1.20. The summed E-state index contributed by atoms with van der Waals surface area (Å²) >= 11 is 1.50. The molecule has 516 valence electrons. The Kier molecular flexibility index (Phi) is 30.0. The summed E-state index contributed by atoms with van der Waals surface area (Å²) < 4.78 is 35.5. The maximum absolute atomic E-state index is 14.9. The third-order valence-electron chi connectivity index (χ3n) is 18.0. The fourth-order valence-corrected chi connectivity index (χ4v) is 12.9. The van der Waals surface area contributed by atoms with Gasteiger partial charge in [0.15, 0.2) is 12.9 Å². The van der Waals surface area contributed by atoms with E-state index in [2.05, 4.69) is 26.1 Å². The van der Waals surface area contributed by atoms with Crippen molar-refractivity contribution in [2.24, 2.45) is 34.7 Å². The van der Waals surface area contributed by atoms with Crippen LogP contribution in [0, 0.1) is 29.6 Å². The number of aromatic nitrogens is 1. The summed E-state index contributed by atoms with van der Waals surface area (Å²) in [5.74, 6) is -8.01. The van der Waals surface area contributed by atoms with Crippen LogP contribution in [0.1, 0.15) is 125 Å². The van der Waals surface area contributed by atoms with E-state index in [9.17, 15) is 59.7 Å². The molecule has 0 radical (unpaired) electrons. The van der Waals surface area contributed by atoms with Crippen molar-refractivity contribution >= 4 is 47.1 Å². The highest BCUT2D eigenvalue weighted by molar-refractivity contribution is 7.09. The van der Waals surface area contributed by atoms with Crippen molar-refractivity contribution in [1.82, 2.24) is 35.6 Å². The van der Waals surface area contributed by atoms with E-state index < -0.39 is 165 Å². The van der Waals surface area contributed by atoms with Gasteiger partial charge in [-0.25, -0.2) is 9.78 Å². The van der Waals surface area contributed by atoms with E-state index in [1.165, 1.54) is 32.4 Å². The molecule has 28 heteroatoms. The number of hydrogen-bond acceptors (Lipinski definition) is 23. The van der Waals surface area contributed by atoms with E-state index in [1.54, 1.807) is 64.8 Å². The molecule has 3 fully saturated rings. The molecule has 91 heavy (non-hydrogen) atoms. The lowest BCUT2D eigenvalue weighted by molar-refractivity contribution is -0.334. The minimum absolute atomic E-state index is 0.0300. The number of thiazole rings is 1. The summed E-state index contributed by atoms with van der Waals surface area (Å²) in [6, 6.07) is 5.20. The Morgan fingerprint density at radius 3 is 2.16 bits per heavy atom. The van der Waals surface area contributed by atoms with E-state index in [0.29, 0.717) is 32.2 Å². The van der Waals surface area contributed by atoms with Crippen molar-refractivity contribution in [2.45, 2.75) is 230 Å². The average molecular weight is 1310 g/mol. The lowest BCUT2D eigenvalue weighted by Gasteiger charge is -2.45. The number of likely N-dealkylation sites (N-methyl/N-ethyl adjacent to an activating group) is 2. The predicted molar refractivity (Wildman–Crippen MR) is 335 cm³/mol. The number of carbonyl (C=O) groups excluding carboxylic acids is 4. The van der Waals surface area contributed by atoms with Gasteiger partial charge >= 0.3 is 5.97 Å². The molecule has 10 N–H and O–H groups in total. The van der Waals surface area contributed by atoms with Gasteiger partial charge in [-0.2, -0.15) is 0 Å². The lowest BCUT2D eigenvalue weighted by atomic mass is 9.89. The molecule has 4 heterocycles. The number of methoxy groups -OCH3 is 2. The number of oxime groups is 1. The number of nitrogens with zero attached hydrogens (tertiary/aromatic N) is 5. The van der Waals surface area contributed by atoms with Crippen LogP contribution < -0.4 is 16.0 Å². The van der Waals surface area contributed by atoms with Crippen molar-refractivity contribution < 1.29 is 93.0 Å². The van der Waals surface area contributed by atoms with Gasteiger partial charge in [-0.3, -0.25) is 29.8 Å². The molecular formula is C63H104N8O19S. The van der Waals surface area contributed by atoms with E-state index >= 15 is 0 Å². The number of rotatable bonds is 35. The number of carboxylic acids is 1. The minimum atomic E-state index is -2.65. The number of nitrogens with one attached hydrogen (secondary N) is 3. The fraction of sp³-hybridized carbons (Fsp3) is 0.762. The van der Waals surface area contributed by atoms with E-state index in [4.69, 9.17) is 33.3 Å².